The Morgan fingerprint density at radius 1 is 1.45 bits per heavy atom. The molecule has 0 spiro atoms. The monoisotopic (exact) mass is 302 g/mol. The van der Waals surface area contributed by atoms with Crippen LogP contribution in [0.15, 0.2) is 17.0 Å². The molecule has 8 nitrogen and oxygen atoms in total. The second kappa shape index (κ2) is 6.16. The van der Waals surface area contributed by atoms with E-state index in [9.17, 15) is 18.5 Å². The third kappa shape index (κ3) is 3.06. The van der Waals surface area contributed by atoms with Gasteiger partial charge >= 0.3 is 0 Å². The molecule has 0 radical (unpaired) electrons. The van der Waals surface area contributed by atoms with Crippen molar-refractivity contribution >= 4 is 21.4 Å². The molecule has 1 aromatic rings. The molecule has 0 heterocycles. The molecule has 1 rings (SSSR count). The lowest BCUT2D eigenvalue weighted by Crippen LogP contribution is -2.28. The van der Waals surface area contributed by atoms with Gasteiger partial charge in [0, 0.05) is 19.7 Å². The van der Waals surface area contributed by atoms with E-state index in [1.54, 1.807) is 6.92 Å². The zero-order chi connectivity index (χ0) is 15.5. The summed E-state index contributed by atoms with van der Waals surface area (Å²) in [6.07, 6.45) is 0.652. The van der Waals surface area contributed by atoms with Crippen molar-refractivity contribution in [3.8, 4) is 0 Å². The molecular formula is C11H18N4O4S. The average molecular weight is 302 g/mol. The van der Waals surface area contributed by atoms with Crippen LogP contribution in [-0.4, -0.2) is 31.2 Å². The maximum atomic E-state index is 12.4. The fourth-order valence-electron chi connectivity index (χ4n) is 1.82. The van der Waals surface area contributed by atoms with E-state index in [1.165, 1.54) is 17.4 Å². The van der Waals surface area contributed by atoms with Gasteiger partial charge in [-0.2, -0.15) is 0 Å². The second-order valence-electron chi connectivity index (χ2n) is 4.36. The second-order valence-corrected chi connectivity index (χ2v) is 6.38. The van der Waals surface area contributed by atoms with Gasteiger partial charge in [-0.15, -0.1) is 0 Å². The van der Waals surface area contributed by atoms with Gasteiger partial charge in [-0.1, -0.05) is 6.92 Å². The maximum Gasteiger partial charge on any atom is 0.295 e. The molecule has 0 amide bonds. The van der Waals surface area contributed by atoms with Crippen LogP contribution in [-0.2, 0) is 10.0 Å². The normalized spacial score (nSPS) is 11.7. The molecule has 0 saturated carbocycles. The van der Waals surface area contributed by atoms with Gasteiger partial charge in [-0.25, -0.2) is 12.7 Å². The molecule has 0 bridgehead atoms. The first-order valence-electron chi connectivity index (χ1n) is 5.97. The number of nitro benzene ring substituents is 1. The number of anilines is 1. The fourth-order valence-corrected chi connectivity index (χ4v) is 3.31. The van der Waals surface area contributed by atoms with Gasteiger partial charge < -0.3 is 5.43 Å². The van der Waals surface area contributed by atoms with Gasteiger partial charge in [0.15, 0.2) is 0 Å². The quantitative estimate of drug-likeness (QED) is 0.463. The van der Waals surface area contributed by atoms with Crippen molar-refractivity contribution in [3.63, 3.8) is 0 Å². The van der Waals surface area contributed by atoms with Crippen LogP contribution >= 0.6 is 0 Å². The van der Waals surface area contributed by atoms with Gasteiger partial charge in [0.25, 0.3) is 5.69 Å². The summed E-state index contributed by atoms with van der Waals surface area (Å²) in [7, 11) is -2.31. The van der Waals surface area contributed by atoms with Crippen LogP contribution < -0.4 is 11.3 Å². The first-order valence-corrected chi connectivity index (χ1v) is 7.41. The van der Waals surface area contributed by atoms with Gasteiger partial charge in [0.1, 0.15) is 5.69 Å². The number of rotatable bonds is 6. The van der Waals surface area contributed by atoms with E-state index in [0.717, 1.165) is 6.07 Å². The van der Waals surface area contributed by atoms with Crippen LogP contribution in [0.25, 0.3) is 0 Å². The minimum absolute atomic E-state index is 0.0737. The molecular weight excluding hydrogens is 284 g/mol. The summed E-state index contributed by atoms with van der Waals surface area (Å²) < 4.78 is 25.9. The number of sulfonamides is 1. The number of nitro groups is 1. The van der Waals surface area contributed by atoms with E-state index < -0.39 is 14.9 Å². The highest BCUT2D eigenvalue weighted by Gasteiger charge is 2.26. The summed E-state index contributed by atoms with van der Waals surface area (Å²) >= 11 is 0. The van der Waals surface area contributed by atoms with Gasteiger partial charge in [0.05, 0.1) is 9.82 Å². The summed E-state index contributed by atoms with van der Waals surface area (Å²) in [6.45, 7) is 3.76. The van der Waals surface area contributed by atoms with Crippen molar-refractivity contribution < 1.29 is 13.3 Å². The molecule has 0 aliphatic carbocycles. The summed E-state index contributed by atoms with van der Waals surface area (Å²) in [5.74, 6) is 5.21. The minimum Gasteiger partial charge on any atom is -0.318 e. The molecule has 0 aliphatic rings. The Kier molecular flexibility index (Phi) is 5.03. The lowest BCUT2D eigenvalue weighted by atomic mass is 10.2. The van der Waals surface area contributed by atoms with Crippen molar-refractivity contribution in [1.82, 2.24) is 4.31 Å². The van der Waals surface area contributed by atoms with E-state index >= 15 is 0 Å². The van der Waals surface area contributed by atoms with E-state index in [4.69, 9.17) is 5.84 Å². The highest BCUT2D eigenvalue weighted by atomic mass is 32.2. The van der Waals surface area contributed by atoms with E-state index in [0.29, 0.717) is 18.5 Å². The number of nitrogens with zero attached hydrogens (tertiary/aromatic N) is 2. The van der Waals surface area contributed by atoms with Crippen LogP contribution in [0.4, 0.5) is 11.4 Å². The number of nitrogens with one attached hydrogen (secondary N) is 1. The molecule has 0 atom stereocenters. The third-order valence-electron chi connectivity index (χ3n) is 2.87. The molecule has 3 N–H and O–H groups in total. The number of nitrogen functional groups attached to an aromatic ring is 1. The zero-order valence-electron chi connectivity index (χ0n) is 11.6. The van der Waals surface area contributed by atoms with E-state index in [-0.39, 0.29) is 16.3 Å². The fraction of sp³-hybridized carbons (Fsp3) is 0.455. The molecule has 0 saturated heterocycles. The van der Waals surface area contributed by atoms with Crippen molar-refractivity contribution in [1.29, 1.82) is 0 Å². The molecule has 0 unspecified atom stereocenters. The van der Waals surface area contributed by atoms with Crippen molar-refractivity contribution in [2.75, 3.05) is 19.0 Å². The topological polar surface area (TPSA) is 119 Å². The molecule has 20 heavy (non-hydrogen) atoms. The Balaban J connectivity index is 3.46. The average Bonchev–Trinajstić information content (AvgIpc) is 2.37. The van der Waals surface area contributed by atoms with Gasteiger partial charge in [-0.3, -0.25) is 16.0 Å². The molecule has 0 aliphatic heterocycles. The van der Waals surface area contributed by atoms with Crippen molar-refractivity contribution in [2.24, 2.45) is 5.84 Å². The van der Waals surface area contributed by atoms with Crippen LogP contribution in [0.2, 0.25) is 0 Å². The Labute approximate surface area is 117 Å². The highest BCUT2D eigenvalue weighted by Crippen LogP contribution is 2.31. The Morgan fingerprint density at radius 3 is 2.50 bits per heavy atom. The molecule has 0 aromatic heterocycles. The molecule has 1 aromatic carbocycles. The van der Waals surface area contributed by atoms with Crippen LogP contribution in [0.1, 0.15) is 18.9 Å². The minimum atomic E-state index is -3.75. The van der Waals surface area contributed by atoms with Crippen LogP contribution in [0.3, 0.4) is 0 Å². The van der Waals surface area contributed by atoms with Crippen molar-refractivity contribution in [3.05, 3.63) is 27.8 Å². The Hall–Kier alpha value is -1.71. The molecule has 9 heteroatoms. The zero-order valence-corrected chi connectivity index (χ0v) is 12.4. The number of benzene rings is 1. The predicted molar refractivity (Wildman–Crippen MR) is 75.8 cm³/mol. The number of hydrazine groups is 1. The summed E-state index contributed by atoms with van der Waals surface area (Å²) in [5.41, 5.74) is 2.30. The lowest BCUT2D eigenvalue weighted by molar-refractivity contribution is -0.384. The number of aryl methyl sites for hydroxylation is 1. The molecule has 112 valence electrons. The van der Waals surface area contributed by atoms with E-state index in [2.05, 4.69) is 5.43 Å². The van der Waals surface area contributed by atoms with Crippen LogP contribution in [0, 0.1) is 17.0 Å². The smallest absolute Gasteiger partial charge is 0.295 e. The summed E-state index contributed by atoms with van der Waals surface area (Å²) in [6, 6.07) is 2.39. The number of nitrogens with two attached hydrogens (primary N) is 1. The maximum absolute atomic E-state index is 12.4. The summed E-state index contributed by atoms with van der Waals surface area (Å²) in [4.78, 5) is 10.2. The standard InChI is InChI=1S/C11H18N4O4S/c1-4-5-14(3)20(18,19)11-7-10(15(16)17)9(13-12)6-8(11)2/h6-7,13H,4-5,12H2,1-3H3. The first kappa shape index (κ1) is 16.3. The summed E-state index contributed by atoms with van der Waals surface area (Å²) in [5, 5.41) is 11.0. The molecule has 0 fully saturated rings. The Bertz CT molecular complexity index is 615. The Morgan fingerprint density at radius 2 is 2.05 bits per heavy atom. The predicted octanol–water partition coefficient (Wildman–Crippen LogP) is 1.22. The first-order chi connectivity index (χ1) is 9.25. The van der Waals surface area contributed by atoms with E-state index in [1.807, 2.05) is 6.92 Å². The third-order valence-corrected chi connectivity index (χ3v) is 4.87. The number of hydrogen-bond acceptors (Lipinski definition) is 6. The highest BCUT2D eigenvalue weighted by molar-refractivity contribution is 7.89. The lowest BCUT2D eigenvalue weighted by Gasteiger charge is -2.18. The van der Waals surface area contributed by atoms with Gasteiger partial charge in [-0.05, 0) is 25.0 Å². The largest absolute Gasteiger partial charge is 0.318 e. The van der Waals surface area contributed by atoms with Gasteiger partial charge in [0.2, 0.25) is 10.0 Å². The SMILES string of the molecule is CCCN(C)S(=O)(=O)c1cc([N+](=O)[O-])c(NN)cc1C. The number of hydrogen-bond donors (Lipinski definition) is 2. The van der Waals surface area contributed by atoms with Crippen LogP contribution in [0.5, 0.6) is 0 Å². The van der Waals surface area contributed by atoms with Crippen molar-refractivity contribution in [2.45, 2.75) is 25.2 Å².